The van der Waals surface area contributed by atoms with Crippen LogP contribution in [0.25, 0.3) is 0 Å². The van der Waals surface area contributed by atoms with Gasteiger partial charge in [0.15, 0.2) is 5.96 Å². The van der Waals surface area contributed by atoms with Crippen LogP contribution in [-0.2, 0) is 22.7 Å². The van der Waals surface area contributed by atoms with E-state index in [0.717, 1.165) is 42.5 Å². The summed E-state index contributed by atoms with van der Waals surface area (Å²) in [7, 11) is 3.73. The highest BCUT2D eigenvalue weighted by molar-refractivity contribution is 14.0. The first-order valence-corrected chi connectivity index (χ1v) is 10.2. The second-order valence-electron chi connectivity index (χ2n) is 7.09. The van der Waals surface area contributed by atoms with E-state index in [4.69, 9.17) is 9.15 Å². The van der Waals surface area contributed by atoms with Gasteiger partial charge in [0, 0.05) is 25.4 Å². The SMILES string of the molecule is CCNC(=NCc1cccc(NC(=O)CN(C)C)c1)NCCCOCc1ccco1.I. The molecule has 0 spiro atoms. The second kappa shape index (κ2) is 15.7. The molecule has 0 radical (unpaired) electrons. The molecule has 1 aromatic heterocycles. The molecule has 9 heteroatoms. The Hall–Kier alpha value is -2.11. The van der Waals surface area contributed by atoms with E-state index >= 15 is 0 Å². The van der Waals surface area contributed by atoms with Crippen LogP contribution in [0.4, 0.5) is 5.69 Å². The van der Waals surface area contributed by atoms with Crippen LogP contribution >= 0.6 is 24.0 Å². The molecule has 1 aromatic carbocycles. The van der Waals surface area contributed by atoms with Gasteiger partial charge in [0.2, 0.25) is 5.91 Å². The first-order chi connectivity index (χ1) is 14.6. The fourth-order valence-electron chi connectivity index (χ4n) is 2.70. The number of nitrogens with one attached hydrogen (secondary N) is 3. The minimum absolute atomic E-state index is 0. The number of carbonyl (C=O) groups is 1. The van der Waals surface area contributed by atoms with Gasteiger partial charge in [-0.2, -0.15) is 0 Å². The van der Waals surface area contributed by atoms with Crippen LogP contribution in [0.5, 0.6) is 0 Å². The summed E-state index contributed by atoms with van der Waals surface area (Å²) in [6.07, 6.45) is 2.51. The van der Waals surface area contributed by atoms with Crippen molar-refractivity contribution in [3.63, 3.8) is 0 Å². The predicted molar refractivity (Wildman–Crippen MR) is 135 cm³/mol. The van der Waals surface area contributed by atoms with Crippen LogP contribution < -0.4 is 16.0 Å². The van der Waals surface area contributed by atoms with Crippen LogP contribution in [0.3, 0.4) is 0 Å². The molecule has 0 aliphatic carbocycles. The minimum atomic E-state index is -0.0371. The average molecular weight is 543 g/mol. The second-order valence-corrected chi connectivity index (χ2v) is 7.09. The molecule has 2 rings (SSSR count). The van der Waals surface area contributed by atoms with E-state index in [2.05, 4.69) is 20.9 Å². The summed E-state index contributed by atoms with van der Waals surface area (Å²) in [4.78, 5) is 18.4. The highest BCUT2D eigenvalue weighted by Crippen LogP contribution is 2.11. The third-order valence-corrected chi connectivity index (χ3v) is 4.02. The molecule has 0 fully saturated rings. The number of hydrogen-bond donors (Lipinski definition) is 3. The maximum absolute atomic E-state index is 11.9. The normalized spacial score (nSPS) is 11.2. The summed E-state index contributed by atoms with van der Waals surface area (Å²) in [5.41, 5.74) is 1.80. The van der Waals surface area contributed by atoms with Crippen molar-refractivity contribution in [1.82, 2.24) is 15.5 Å². The van der Waals surface area contributed by atoms with Gasteiger partial charge in [-0.05, 0) is 57.3 Å². The van der Waals surface area contributed by atoms with E-state index in [1.807, 2.05) is 62.3 Å². The number of carbonyl (C=O) groups excluding carboxylic acids is 1. The smallest absolute Gasteiger partial charge is 0.238 e. The van der Waals surface area contributed by atoms with E-state index < -0.39 is 0 Å². The summed E-state index contributed by atoms with van der Waals surface area (Å²) >= 11 is 0. The monoisotopic (exact) mass is 543 g/mol. The van der Waals surface area contributed by atoms with Gasteiger partial charge in [-0.15, -0.1) is 24.0 Å². The van der Waals surface area contributed by atoms with Crippen LogP contribution in [0.1, 0.15) is 24.7 Å². The third kappa shape index (κ3) is 11.7. The Labute approximate surface area is 201 Å². The standard InChI is InChI=1S/C22H33N5O3.HI/c1-4-23-22(24-11-7-12-29-17-20-10-6-13-30-20)25-15-18-8-5-9-19(14-18)26-21(28)16-27(2)3;/h5-6,8-10,13-14H,4,7,11-12,15-17H2,1-3H3,(H,26,28)(H2,23,24,25);1H. The van der Waals surface area contributed by atoms with Crippen molar-refractivity contribution in [2.24, 2.45) is 4.99 Å². The molecule has 3 N–H and O–H groups in total. The Bertz CT molecular complexity index is 781. The molecule has 31 heavy (non-hydrogen) atoms. The maximum Gasteiger partial charge on any atom is 0.238 e. The van der Waals surface area contributed by atoms with E-state index in [0.29, 0.717) is 26.3 Å². The number of rotatable bonds is 12. The van der Waals surface area contributed by atoms with Crippen LogP contribution in [-0.4, -0.2) is 57.1 Å². The lowest BCUT2D eigenvalue weighted by atomic mass is 10.2. The molecule has 0 atom stereocenters. The molecule has 0 saturated carbocycles. The number of nitrogens with zero attached hydrogens (tertiary/aromatic N) is 2. The molecule has 0 bridgehead atoms. The van der Waals surface area contributed by atoms with Crippen molar-refractivity contribution in [2.75, 3.05) is 45.7 Å². The number of guanidine groups is 1. The lowest BCUT2D eigenvalue weighted by Gasteiger charge is -2.12. The van der Waals surface area contributed by atoms with E-state index in [1.165, 1.54) is 0 Å². The van der Waals surface area contributed by atoms with Gasteiger partial charge in [0.25, 0.3) is 0 Å². The lowest BCUT2D eigenvalue weighted by molar-refractivity contribution is -0.116. The van der Waals surface area contributed by atoms with Crippen LogP contribution in [0.2, 0.25) is 0 Å². The summed E-state index contributed by atoms with van der Waals surface area (Å²) in [5, 5.41) is 9.47. The van der Waals surface area contributed by atoms with E-state index in [-0.39, 0.29) is 29.9 Å². The Morgan fingerprint density at radius 3 is 2.74 bits per heavy atom. The molecule has 1 amide bonds. The number of likely N-dealkylation sites (N-methyl/N-ethyl adjacent to an activating group) is 1. The number of halogens is 1. The van der Waals surface area contributed by atoms with Crippen molar-refractivity contribution in [3.8, 4) is 0 Å². The van der Waals surface area contributed by atoms with Gasteiger partial charge >= 0.3 is 0 Å². The molecule has 2 aromatic rings. The number of hydrogen-bond acceptors (Lipinski definition) is 5. The summed E-state index contributed by atoms with van der Waals surface area (Å²) in [5.74, 6) is 1.55. The lowest BCUT2D eigenvalue weighted by Crippen LogP contribution is -2.38. The quantitative estimate of drug-likeness (QED) is 0.165. The first-order valence-electron chi connectivity index (χ1n) is 10.2. The van der Waals surface area contributed by atoms with Crippen molar-refractivity contribution in [2.45, 2.75) is 26.5 Å². The van der Waals surface area contributed by atoms with Crippen molar-refractivity contribution >= 4 is 41.5 Å². The summed E-state index contributed by atoms with van der Waals surface area (Å²) < 4.78 is 10.8. The number of ether oxygens (including phenoxy) is 1. The zero-order valence-electron chi connectivity index (χ0n) is 18.5. The zero-order valence-corrected chi connectivity index (χ0v) is 20.8. The molecular formula is C22H34IN5O3. The van der Waals surface area contributed by atoms with Crippen LogP contribution in [0, 0.1) is 0 Å². The average Bonchev–Trinajstić information content (AvgIpc) is 3.21. The van der Waals surface area contributed by atoms with Gasteiger partial charge in [0.05, 0.1) is 19.4 Å². The molecular weight excluding hydrogens is 509 g/mol. The molecule has 1 heterocycles. The fraction of sp³-hybridized carbons (Fsp3) is 0.455. The largest absolute Gasteiger partial charge is 0.467 e. The molecule has 172 valence electrons. The molecule has 8 nitrogen and oxygen atoms in total. The van der Waals surface area contributed by atoms with Crippen molar-refractivity contribution < 1.29 is 13.9 Å². The van der Waals surface area contributed by atoms with Crippen LogP contribution in [0.15, 0.2) is 52.1 Å². The van der Waals surface area contributed by atoms with Crippen molar-refractivity contribution in [3.05, 3.63) is 54.0 Å². The molecule has 0 aliphatic heterocycles. The zero-order chi connectivity index (χ0) is 21.6. The number of amides is 1. The number of furan rings is 1. The summed E-state index contributed by atoms with van der Waals surface area (Å²) in [6, 6.07) is 11.5. The Morgan fingerprint density at radius 2 is 2.03 bits per heavy atom. The first kappa shape index (κ1) is 26.9. The Morgan fingerprint density at radius 1 is 1.19 bits per heavy atom. The number of benzene rings is 1. The molecule has 0 saturated heterocycles. The van der Waals surface area contributed by atoms with E-state index in [1.54, 1.807) is 6.26 Å². The third-order valence-electron chi connectivity index (χ3n) is 4.02. The minimum Gasteiger partial charge on any atom is -0.467 e. The van der Waals surface area contributed by atoms with Gasteiger partial charge in [-0.1, -0.05) is 12.1 Å². The van der Waals surface area contributed by atoms with Gasteiger partial charge < -0.3 is 30.0 Å². The highest BCUT2D eigenvalue weighted by atomic mass is 127. The number of anilines is 1. The number of aliphatic imine (C=N–C) groups is 1. The maximum atomic E-state index is 11.9. The topological polar surface area (TPSA) is 91.1 Å². The Balaban J connectivity index is 0.00000480. The predicted octanol–water partition coefficient (Wildman–Crippen LogP) is 3.06. The highest BCUT2D eigenvalue weighted by Gasteiger charge is 2.04. The molecule has 0 unspecified atom stereocenters. The van der Waals surface area contributed by atoms with Crippen molar-refractivity contribution in [1.29, 1.82) is 0 Å². The molecule has 0 aliphatic rings. The summed E-state index contributed by atoms with van der Waals surface area (Å²) in [6.45, 7) is 5.56. The van der Waals surface area contributed by atoms with Gasteiger partial charge in [0.1, 0.15) is 12.4 Å². The van der Waals surface area contributed by atoms with E-state index in [9.17, 15) is 4.79 Å². The Kier molecular flexibility index (Phi) is 13.6. The van der Waals surface area contributed by atoms with Gasteiger partial charge in [-0.3, -0.25) is 4.79 Å². The van der Waals surface area contributed by atoms with Gasteiger partial charge in [-0.25, -0.2) is 4.99 Å². The fourth-order valence-corrected chi connectivity index (χ4v) is 2.70.